The molecule has 0 saturated heterocycles. The summed E-state index contributed by atoms with van der Waals surface area (Å²) in [5.74, 6) is -0.797. The first-order valence-electron chi connectivity index (χ1n) is 9.14. The minimum absolute atomic E-state index is 0.0304. The highest BCUT2D eigenvalue weighted by atomic mass is 35.5. The van der Waals surface area contributed by atoms with Gasteiger partial charge < -0.3 is 19.7 Å². The lowest BCUT2D eigenvalue weighted by molar-refractivity contribution is -0.139. The Balaban J connectivity index is 1.99. The van der Waals surface area contributed by atoms with E-state index in [9.17, 15) is 14.4 Å². The molecule has 0 bridgehead atoms. The van der Waals surface area contributed by atoms with Gasteiger partial charge in [0.05, 0.1) is 18.1 Å². The molecule has 1 aliphatic rings. The van der Waals surface area contributed by atoms with Crippen LogP contribution in [0.15, 0.2) is 4.99 Å². The summed E-state index contributed by atoms with van der Waals surface area (Å²) in [6.45, 7) is 7.32. The number of H-pyrrole nitrogens is 1. The maximum absolute atomic E-state index is 12.5. The van der Waals surface area contributed by atoms with E-state index >= 15 is 0 Å². The molecule has 1 aromatic heterocycles. The van der Waals surface area contributed by atoms with Crippen LogP contribution in [0.2, 0.25) is 0 Å². The van der Waals surface area contributed by atoms with Crippen molar-refractivity contribution in [2.45, 2.75) is 46.3 Å². The number of ether oxygens (including phenoxy) is 2. The summed E-state index contributed by atoms with van der Waals surface area (Å²) in [6.07, 6.45) is 0.115. The number of rotatable bonds is 6. The molecular weight excluding hydrogens is 402 g/mol. The molecule has 1 aromatic rings. The average Bonchev–Trinajstić information content (AvgIpc) is 3.06. The average molecular weight is 428 g/mol. The van der Waals surface area contributed by atoms with Crippen molar-refractivity contribution in [2.24, 2.45) is 4.99 Å². The first kappa shape index (κ1) is 22.7. The quantitative estimate of drug-likeness (QED) is 0.403. The number of hydrogen-bond donors (Lipinski definition) is 2. The summed E-state index contributed by atoms with van der Waals surface area (Å²) >= 11 is 5.75. The van der Waals surface area contributed by atoms with Gasteiger partial charge in [0.1, 0.15) is 18.9 Å². The number of carbonyl (C=O) groups is 3. The molecule has 11 heteroatoms. The number of aliphatic imine (C=N–C) groups is 1. The van der Waals surface area contributed by atoms with E-state index < -0.39 is 23.6 Å². The summed E-state index contributed by atoms with van der Waals surface area (Å²) in [5.41, 5.74) is 1.51. The zero-order valence-corrected chi connectivity index (χ0v) is 17.8. The molecule has 160 valence electrons. The number of nitrogens with zero attached hydrogens (tertiary/aromatic N) is 3. The predicted octanol–water partition coefficient (Wildman–Crippen LogP) is 1.63. The van der Waals surface area contributed by atoms with E-state index in [1.165, 1.54) is 6.92 Å². The summed E-state index contributed by atoms with van der Waals surface area (Å²) < 4.78 is 10.2. The second-order valence-corrected chi connectivity index (χ2v) is 7.75. The van der Waals surface area contributed by atoms with Gasteiger partial charge in [-0.05, 0) is 20.8 Å². The normalized spacial score (nSPS) is 14.2. The molecule has 0 radical (unpaired) electrons. The van der Waals surface area contributed by atoms with Gasteiger partial charge in [0.2, 0.25) is 0 Å². The van der Waals surface area contributed by atoms with Gasteiger partial charge in [-0.3, -0.25) is 19.7 Å². The van der Waals surface area contributed by atoms with Crippen LogP contribution < -0.4 is 5.32 Å². The van der Waals surface area contributed by atoms with Gasteiger partial charge in [-0.2, -0.15) is 5.10 Å². The van der Waals surface area contributed by atoms with Crippen LogP contribution in [0.1, 0.15) is 49.4 Å². The van der Waals surface area contributed by atoms with Gasteiger partial charge >= 0.3 is 12.1 Å². The molecule has 10 nitrogen and oxygen atoms in total. The Morgan fingerprint density at radius 3 is 2.69 bits per heavy atom. The molecule has 0 spiro atoms. The number of aromatic amines is 1. The third-order valence-corrected chi connectivity index (χ3v) is 4.25. The molecule has 0 saturated carbocycles. The smallest absolute Gasteiger partial charge is 0.410 e. The number of hydrogen-bond acceptors (Lipinski definition) is 7. The monoisotopic (exact) mass is 427 g/mol. The molecule has 2 N–H and O–H groups in total. The number of fused-ring (bicyclic) bond motifs is 1. The van der Waals surface area contributed by atoms with Crippen molar-refractivity contribution in [3.05, 3.63) is 17.0 Å². The summed E-state index contributed by atoms with van der Waals surface area (Å²) in [7, 11) is 0. The van der Waals surface area contributed by atoms with E-state index in [1.807, 2.05) is 0 Å². The Kier molecular flexibility index (Phi) is 7.60. The second kappa shape index (κ2) is 9.73. The standard InChI is InChI=1S/C18H26ClN5O5/c1-11(25)28-9-12(7-19)20-10-21-16(26)15-13-8-24(6-5-14(13)22-23-15)17(27)29-18(2,3)4/h5-10H2,1-4H3,(H,21,26)(H,22,23). The maximum atomic E-state index is 12.5. The van der Waals surface area contributed by atoms with Crippen molar-refractivity contribution in [3.63, 3.8) is 0 Å². The minimum atomic E-state index is -0.599. The van der Waals surface area contributed by atoms with Crippen molar-refractivity contribution in [1.29, 1.82) is 0 Å². The number of amides is 2. The topological polar surface area (TPSA) is 126 Å². The van der Waals surface area contributed by atoms with E-state index in [4.69, 9.17) is 21.1 Å². The van der Waals surface area contributed by atoms with E-state index in [2.05, 4.69) is 20.5 Å². The first-order chi connectivity index (χ1) is 13.6. The Bertz CT molecular complexity index is 799. The molecule has 2 amide bonds. The molecule has 2 heterocycles. The van der Waals surface area contributed by atoms with Gasteiger partial charge in [0.15, 0.2) is 5.69 Å². The van der Waals surface area contributed by atoms with E-state index in [1.54, 1.807) is 25.7 Å². The largest absolute Gasteiger partial charge is 0.460 e. The summed E-state index contributed by atoms with van der Waals surface area (Å²) in [4.78, 5) is 41.3. The number of esters is 1. The number of nitrogens with one attached hydrogen (secondary N) is 2. The third-order valence-electron chi connectivity index (χ3n) is 3.94. The first-order valence-corrected chi connectivity index (χ1v) is 9.68. The predicted molar refractivity (Wildman–Crippen MR) is 106 cm³/mol. The molecule has 2 rings (SSSR count). The van der Waals surface area contributed by atoms with Gasteiger partial charge in [-0.1, -0.05) is 0 Å². The van der Waals surface area contributed by atoms with Crippen molar-refractivity contribution in [3.8, 4) is 0 Å². The van der Waals surface area contributed by atoms with Crippen LogP contribution in [0.25, 0.3) is 0 Å². The third kappa shape index (κ3) is 6.74. The molecule has 0 atom stereocenters. The van der Waals surface area contributed by atoms with Gasteiger partial charge in [-0.25, -0.2) is 4.79 Å². The number of aromatic nitrogens is 2. The maximum Gasteiger partial charge on any atom is 0.410 e. The van der Waals surface area contributed by atoms with Crippen molar-refractivity contribution in [1.82, 2.24) is 20.4 Å². The Labute approximate surface area is 174 Å². The van der Waals surface area contributed by atoms with Gasteiger partial charge in [-0.15, -0.1) is 11.6 Å². The Morgan fingerprint density at radius 2 is 2.07 bits per heavy atom. The number of alkyl halides is 1. The van der Waals surface area contributed by atoms with Crippen LogP contribution in [0, 0.1) is 0 Å². The Hall–Kier alpha value is -2.62. The van der Waals surface area contributed by atoms with Crippen LogP contribution in [0.3, 0.4) is 0 Å². The van der Waals surface area contributed by atoms with E-state index in [0.717, 1.165) is 5.69 Å². The van der Waals surface area contributed by atoms with E-state index in [0.29, 0.717) is 24.2 Å². The minimum Gasteiger partial charge on any atom is -0.460 e. The fraction of sp³-hybridized carbons (Fsp3) is 0.611. The zero-order chi connectivity index (χ0) is 21.6. The molecule has 1 aliphatic heterocycles. The van der Waals surface area contributed by atoms with Crippen LogP contribution in [-0.2, 0) is 27.2 Å². The number of carbonyl (C=O) groups excluding carboxylic acids is 3. The van der Waals surface area contributed by atoms with Crippen LogP contribution >= 0.6 is 11.6 Å². The van der Waals surface area contributed by atoms with E-state index in [-0.39, 0.29) is 31.4 Å². The summed E-state index contributed by atoms with van der Waals surface area (Å²) in [6, 6.07) is 0. The number of halogens is 1. The van der Waals surface area contributed by atoms with Crippen LogP contribution in [0.5, 0.6) is 0 Å². The fourth-order valence-corrected chi connectivity index (χ4v) is 2.75. The van der Waals surface area contributed by atoms with Crippen LogP contribution in [-0.4, -0.2) is 70.1 Å². The van der Waals surface area contributed by atoms with Crippen molar-refractivity contribution in [2.75, 3.05) is 25.7 Å². The fourth-order valence-electron chi connectivity index (χ4n) is 2.58. The molecular formula is C18H26ClN5O5. The molecule has 0 fully saturated rings. The Morgan fingerprint density at radius 1 is 1.34 bits per heavy atom. The highest BCUT2D eigenvalue weighted by Gasteiger charge is 2.30. The molecule has 0 aromatic carbocycles. The van der Waals surface area contributed by atoms with Gasteiger partial charge in [0, 0.05) is 31.1 Å². The lowest BCUT2D eigenvalue weighted by Crippen LogP contribution is -2.40. The zero-order valence-electron chi connectivity index (χ0n) is 17.0. The highest BCUT2D eigenvalue weighted by molar-refractivity contribution is 6.28. The lowest BCUT2D eigenvalue weighted by atomic mass is 10.1. The molecule has 29 heavy (non-hydrogen) atoms. The highest BCUT2D eigenvalue weighted by Crippen LogP contribution is 2.22. The lowest BCUT2D eigenvalue weighted by Gasteiger charge is -2.30. The van der Waals surface area contributed by atoms with Crippen LogP contribution in [0.4, 0.5) is 4.79 Å². The molecule has 0 aliphatic carbocycles. The van der Waals surface area contributed by atoms with Crippen molar-refractivity contribution < 1.29 is 23.9 Å². The summed E-state index contributed by atoms with van der Waals surface area (Å²) in [5, 5.41) is 9.56. The SMILES string of the molecule is CC(=O)OCC(CCl)=NCNC(=O)c1n[nH]c2c1CN(C(=O)OC(C)(C)C)CC2. The van der Waals surface area contributed by atoms with Gasteiger partial charge in [0.25, 0.3) is 5.91 Å². The second-order valence-electron chi connectivity index (χ2n) is 7.48. The molecule has 0 unspecified atom stereocenters. The van der Waals surface area contributed by atoms with Crippen molar-refractivity contribution >= 4 is 35.3 Å².